The summed E-state index contributed by atoms with van der Waals surface area (Å²) in [5.74, 6) is 1.18. The molecule has 2 aliphatic rings. The molecule has 2 unspecified atom stereocenters. The summed E-state index contributed by atoms with van der Waals surface area (Å²) in [7, 11) is 1.61. The number of methoxy groups -OCH3 is 1. The monoisotopic (exact) mass is 354 g/mol. The molecular weight excluding hydrogens is 336 g/mol. The number of hydrogen-bond acceptors (Lipinski definition) is 4. The number of rotatable bonds is 4. The van der Waals surface area contributed by atoms with E-state index in [-0.39, 0.29) is 17.2 Å². The maximum Gasteiger partial charge on any atom is 0.256 e. The minimum Gasteiger partial charge on any atom is -0.496 e. The number of amides is 2. The van der Waals surface area contributed by atoms with Gasteiger partial charge in [-0.2, -0.15) is 0 Å². The van der Waals surface area contributed by atoms with Crippen LogP contribution in [0.3, 0.4) is 0 Å². The highest BCUT2D eigenvalue weighted by Crippen LogP contribution is 2.48. The van der Waals surface area contributed by atoms with Crippen molar-refractivity contribution in [3.05, 3.63) is 65.2 Å². The van der Waals surface area contributed by atoms with Gasteiger partial charge in [0.25, 0.3) is 5.91 Å². The predicted octanol–water partition coefficient (Wildman–Crippen LogP) is 2.58. The van der Waals surface area contributed by atoms with Gasteiger partial charge in [-0.05, 0) is 17.7 Å². The van der Waals surface area contributed by atoms with E-state index in [0.717, 1.165) is 16.9 Å². The molecule has 128 valence electrons. The summed E-state index contributed by atoms with van der Waals surface area (Å²) in [5.41, 5.74) is 2.64. The van der Waals surface area contributed by atoms with Crippen LogP contribution in [0.4, 0.5) is 0 Å². The highest BCUT2D eigenvalue weighted by atomic mass is 32.2. The van der Waals surface area contributed by atoms with Crippen molar-refractivity contribution in [2.24, 2.45) is 0 Å². The number of ether oxygens (including phenoxy) is 1. The average Bonchev–Trinajstić information content (AvgIpc) is 3.21. The van der Waals surface area contributed by atoms with E-state index in [4.69, 9.17) is 4.74 Å². The van der Waals surface area contributed by atoms with Gasteiger partial charge in [0.15, 0.2) is 0 Å². The van der Waals surface area contributed by atoms with Crippen LogP contribution in [0.2, 0.25) is 0 Å². The number of fused-ring (bicyclic) bond motifs is 3. The molecule has 0 aromatic heterocycles. The predicted molar refractivity (Wildman–Crippen MR) is 96.4 cm³/mol. The lowest BCUT2D eigenvalue weighted by Gasteiger charge is -2.22. The number of hydrogen-bond donors (Lipinski definition) is 1. The third kappa shape index (κ3) is 2.66. The summed E-state index contributed by atoms with van der Waals surface area (Å²) in [4.78, 5) is 27.1. The fraction of sp³-hybridized carbons (Fsp3) is 0.263. The molecule has 0 aliphatic carbocycles. The van der Waals surface area contributed by atoms with Crippen LogP contribution >= 0.6 is 11.8 Å². The van der Waals surface area contributed by atoms with Gasteiger partial charge in [0.2, 0.25) is 5.91 Å². The summed E-state index contributed by atoms with van der Waals surface area (Å²) in [6, 6.07) is 14.7. The maximum atomic E-state index is 12.7. The maximum absolute atomic E-state index is 12.7. The summed E-state index contributed by atoms with van der Waals surface area (Å²) < 4.78 is 5.31. The first-order chi connectivity index (χ1) is 12.2. The molecule has 2 heterocycles. The zero-order chi connectivity index (χ0) is 17.4. The van der Waals surface area contributed by atoms with E-state index in [0.29, 0.717) is 17.9 Å². The second kappa shape index (κ2) is 6.44. The molecule has 2 aliphatic heterocycles. The van der Waals surface area contributed by atoms with E-state index in [2.05, 4.69) is 5.32 Å². The van der Waals surface area contributed by atoms with Crippen molar-refractivity contribution >= 4 is 23.6 Å². The molecule has 2 aromatic rings. The Kier molecular flexibility index (Phi) is 4.13. The Morgan fingerprint density at radius 1 is 1.24 bits per heavy atom. The van der Waals surface area contributed by atoms with Crippen LogP contribution < -0.4 is 10.1 Å². The standard InChI is InChI=1S/C19H18N2O3S/c1-24-16-9-5-2-6-12(16)10-20-17(22)15-11-25-19-14-8-4-3-7-13(14)18(23)21(15)19/h2-9,15,19H,10-11H2,1H3,(H,20,22). The smallest absolute Gasteiger partial charge is 0.256 e. The van der Waals surface area contributed by atoms with Gasteiger partial charge in [-0.25, -0.2) is 0 Å². The normalized spacial score (nSPS) is 21.0. The molecule has 25 heavy (non-hydrogen) atoms. The Morgan fingerprint density at radius 3 is 2.84 bits per heavy atom. The molecule has 2 aromatic carbocycles. The first kappa shape index (κ1) is 16.0. The van der Waals surface area contributed by atoms with Crippen LogP contribution in [0.25, 0.3) is 0 Å². The van der Waals surface area contributed by atoms with Crippen LogP contribution in [-0.2, 0) is 11.3 Å². The first-order valence-corrected chi connectivity index (χ1v) is 9.18. The summed E-state index contributed by atoms with van der Waals surface area (Å²) >= 11 is 1.64. The Bertz CT molecular complexity index is 839. The summed E-state index contributed by atoms with van der Waals surface area (Å²) in [5, 5.41) is 2.90. The van der Waals surface area contributed by atoms with Crippen LogP contribution in [0, 0.1) is 0 Å². The third-order valence-electron chi connectivity index (χ3n) is 4.64. The molecule has 0 radical (unpaired) electrons. The second-order valence-electron chi connectivity index (χ2n) is 6.03. The number of para-hydroxylation sites is 1. The molecule has 1 saturated heterocycles. The van der Waals surface area contributed by atoms with Crippen molar-refractivity contribution in [1.29, 1.82) is 0 Å². The molecule has 0 spiro atoms. The van der Waals surface area contributed by atoms with Crippen LogP contribution in [0.5, 0.6) is 5.75 Å². The van der Waals surface area contributed by atoms with Crippen molar-refractivity contribution in [3.63, 3.8) is 0 Å². The Hall–Kier alpha value is -2.47. The fourth-order valence-corrected chi connectivity index (χ4v) is 4.86. The van der Waals surface area contributed by atoms with Crippen molar-refractivity contribution in [3.8, 4) is 5.75 Å². The van der Waals surface area contributed by atoms with Crippen LogP contribution in [0.1, 0.15) is 26.9 Å². The van der Waals surface area contributed by atoms with E-state index < -0.39 is 6.04 Å². The van der Waals surface area contributed by atoms with Crippen molar-refractivity contribution in [1.82, 2.24) is 10.2 Å². The quantitative estimate of drug-likeness (QED) is 0.917. The van der Waals surface area contributed by atoms with Crippen LogP contribution in [-0.4, -0.2) is 35.6 Å². The average molecular weight is 354 g/mol. The molecule has 0 saturated carbocycles. The van der Waals surface area contributed by atoms with E-state index >= 15 is 0 Å². The zero-order valence-electron chi connectivity index (χ0n) is 13.8. The van der Waals surface area contributed by atoms with Gasteiger partial charge in [0.05, 0.1) is 7.11 Å². The van der Waals surface area contributed by atoms with E-state index in [1.807, 2.05) is 48.5 Å². The number of carbonyl (C=O) groups is 2. The Balaban J connectivity index is 1.48. The van der Waals surface area contributed by atoms with Crippen molar-refractivity contribution in [2.45, 2.75) is 18.0 Å². The molecule has 4 rings (SSSR count). The molecule has 5 nitrogen and oxygen atoms in total. The van der Waals surface area contributed by atoms with E-state index in [9.17, 15) is 9.59 Å². The number of carbonyl (C=O) groups excluding carboxylic acids is 2. The molecule has 1 N–H and O–H groups in total. The lowest BCUT2D eigenvalue weighted by molar-refractivity contribution is -0.124. The number of nitrogens with zero attached hydrogens (tertiary/aromatic N) is 1. The Morgan fingerprint density at radius 2 is 2.00 bits per heavy atom. The van der Waals surface area contributed by atoms with E-state index in [1.165, 1.54) is 0 Å². The lowest BCUT2D eigenvalue weighted by atomic mass is 10.1. The topological polar surface area (TPSA) is 58.6 Å². The minimum atomic E-state index is -0.440. The minimum absolute atomic E-state index is 0.0503. The molecular formula is C19H18N2O3S. The third-order valence-corrected chi connectivity index (χ3v) is 5.95. The van der Waals surface area contributed by atoms with Gasteiger partial charge in [-0.15, -0.1) is 11.8 Å². The van der Waals surface area contributed by atoms with Crippen LogP contribution in [0.15, 0.2) is 48.5 Å². The Labute approximate surface area is 150 Å². The number of thioether (sulfide) groups is 1. The van der Waals surface area contributed by atoms with E-state index in [1.54, 1.807) is 23.8 Å². The van der Waals surface area contributed by atoms with Gasteiger partial charge < -0.3 is 15.0 Å². The molecule has 0 bridgehead atoms. The zero-order valence-corrected chi connectivity index (χ0v) is 14.6. The number of benzene rings is 2. The second-order valence-corrected chi connectivity index (χ2v) is 7.14. The summed E-state index contributed by atoms with van der Waals surface area (Å²) in [6.45, 7) is 0.379. The van der Waals surface area contributed by atoms with Crippen molar-refractivity contribution < 1.29 is 14.3 Å². The molecule has 2 atom stereocenters. The lowest BCUT2D eigenvalue weighted by Crippen LogP contribution is -2.45. The highest BCUT2D eigenvalue weighted by Gasteiger charge is 2.48. The molecule has 1 fully saturated rings. The SMILES string of the molecule is COc1ccccc1CNC(=O)C1CSC2c3ccccc3C(=O)N12. The molecule has 2 amide bonds. The fourth-order valence-electron chi connectivity index (χ4n) is 3.39. The summed E-state index contributed by atoms with van der Waals surface area (Å²) in [6.07, 6.45) is 0. The first-order valence-electron chi connectivity index (χ1n) is 8.13. The van der Waals surface area contributed by atoms with Gasteiger partial charge in [0.1, 0.15) is 17.2 Å². The largest absolute Gasteiger partial charge is 0.496 e. The van der Waals surface area contributed by atoms with Gasteiger partial charge >= 0.3 is 0 Å². The molecule has 6 heteroatoms. The van der Waals surface area contributed by atoms with Gasteiger partial charge in [-0.3, -0.25) is 9.59 Å². The van der Waals surface area contributed by atoms with Gasteiger partial charge in [-0.1, -0.05) is 36.4 Å². The number of nitrogens with one attached hydrogen (secondary N) is 1. The highest BCUT2D eigenvalue weighted by molar-refractivity contribution is 7.99. The van der Waals surface area contributed by atoms with Crippen molar-refractivity contribution in [2.75, 3.05) is 12.9 Å². The van der Waals surface area contributed by atoms with Gasteiger partial charge in [0, 0.05) is 23.4 Å².